The summed E-state index contributed by atoms with van der Waals surface area (Å²) in [5.41, 5.74) is 2.37. The SMILES string of the molecule is CC(=O)N1CCc2cc(S(=O)(=O)Nc3cc(S(=O)(=O)N4CCCCC4)ccc3C)ccc21. The Balaban J connectivity index is 1.63. The van der Waals surface area contributed by atoms with Crippen molar-refractivity contribution in [2.75, 3.05) is 29.3 Å². The van der Waals surface area contributed by atoms with Gasteiger partial charge in [-0.3, -0.25) is 9.52 Å². The molecule has 2 aromatic carbocycles. The molecule has 1 amide bonds. The number of carbonyl (C=O) groups excluding carboxylic acids is 1. The van der Waals surface area contributed by atoms with Crippen molar-refractivity contribution in [3.63, 3.8) is 0 Å². The molecule has 10 heteroatoms. The monoisotopic (exact) mass is 477 g/mol. The number of anilines is 2. The van der Waals surface area contributed by atoms with Crippen LogP contribution in [0.2, 0.25) is 0 Å². The van der Waals surface area contributed by atoms with Crippen molar-refractivity contribution < 1.29 is 21.6 Å². The summed E-state index contributed by atoms with van der Waals surface area (Å²) >= 11 is 0. The zero-order valence-electron chi connectivity index (χ0n) is 18.2. The molecule has 0 bridgehead atoms. The van der Waals surface area contributed by atoms with E-state index in [1.54, 1.807) is 30.0 Å². The number of hydrogen-bond acceptors (Lipinski definition) is 5. The van der Waals surface area contributed by atoms with Crippen LogP contribution in [0.5, 0.6) is 0 Å². The molecule has 2 heterocycles. The van der Waals surface area contributed by atoms with E-state index in [0.717, 1.165) is 30.5 Å². The van der Waals surface area contributed by atoms with Gasteiger partial charge in [0, 0.05) is 32.2 Å². The predicted molar refractivity (Wildman–Crippen MR) is 123 cm³/mol. The van der Waals surface area contributed by atoms with Crippen molar-refractivity contribution in [3.8, 4) is 0 Å². The smallest absolute Gasteiger partial charge is 0.261 e. The number of aryl methyl sites for hydroxylation is 1. The molecule has 0 aromatic heterocycles. The Labute approximate surface area is 189 Å². The second kappa shape index (κ2) is 8.49. The van der Waals surface area contributed by atoms with E-state index < -0.39 is 20.0 Å². The van der Waals surface area contributed by atoms with Crippen molar-refractivity contribution in [2.24, 2.45) is 0 Å². The third-order valence-electron chi connectivity index (χ3n) is 6.04. The Kier molecular flexibility index (Phi) is 6.04. The molecule has 1 N–H and O–H groups in total. The van der Waals surface area contributed by atoms with Gasteiger partial charge in [0.15, 0.2) is 0 Å². The Morgan fingerprint density at radius 3 is 2.28 bits per heavy atom. The maximum Gasteiger partial charge on any atom is 0.261 e. The molecule has 8 nitrogen and oxygen atoms in total. The third kappa shape index (κ3) is 4.26. The molecule has 2 aliphatic heterocycles. The van der Waals surface area contributed by atoms with Gasteiger partial charge in [-0.25, -0.2) is 16.8 Å². The van der Waals surface area contributed by atoms with Crippen LogP contribution in [-0.2, 0) is 31.3 Å². The van der Waals surface area contributed by atoms with Gasteiger partial charge in [-0.2, -0.15) is 4.31 Å². The maximum absolute atomic E-state index is 13.1. The van der Waals surface area contributed by atoms with Crippen molar-refractivity contribution in [1.29, 1.82) is 0 Å². The summed E-state index contributed by atoms with van der Waals surface area (Å²) in [6.45, 7) is 4.68. The highest BCUT2D eigenvalue weighted by atomic mass is 32.2. The number of rotatable bonds is 5. The molecular formula is C22H27N3O5S2. The number of benzene rings is 2. The molecule has 1 saturated heterocycles. The van der Waals surface area contributed by atoms with Gasteiger partial charge in [0.1, 0.15) is 0 Å². The summed E-state index contributed by atoms with van der Waals surface area (Å²) in [6.07, 6.45) is 3.24. The van der Waals surface area contributed by atoms with E-state index in [1.165, 1.54) is 29.4 Å². The molecule has 0 saturated carbocycles. The number of carbonyl (C=O) groups is 1. The Hall–Kier alpha value is -2.43. The predicted octanol–water partition coefficient (Wildman–Crippen LogP) is 2.88. The summed E-state index contributed by atoms with van der Waals surface area (Å²) in [5, 5.41) is 0. The van der Waals surface area contributed by atoms with E-state index in [2.05, 4.69) is 4.72 Å². The third-order valence-corrected chi connectivity index (χ3v) is 9.30. The first-order chi connectivity index (χ1) is 15.1. The lowest BCUT2D eigenvalue weighted by Gasteiger charge is -2.26. The second-order valence-corrected chi connectivity index (χ2v) is 11.9. The summed E-state index contributed by atoms with van der Waals surface area (Å²) in [6, 6.07) is 9.20. The fourth-order valence-corrected chi connectivity index (χ4v) is 6.92. The van der Waals surface area contributed by atoms with Gasteiger partial charge in [-0.15, -0.1) is 0 Å². The van der Waals surface area contributed by atoms with Crippen LogP contribution in [0.1, 0.15) is 37.3 Å². The molecule has 2 aromatic rings. The summed E-state index contributed by atoms with van der Waals surface area (Å²) < 4.78 is 56.2. The van der Waals surface area contributed by atoms with Gasteiger partial charge >= 0.3 is 0 Å². The maximum atomic E-state index is 13.1. The molecule has 0 aliphatic carbocycles. The first kappa shape index (κ1) is 22.8. The number of nitrogens with one attached hydrogen (secondary N) is 1. The van der Waals surface area contributed by atoms with Crippen LogP contribution in [0.4, 0.5) is 11.4 Å². The van der Waals surface area contributed by atoms with E-state index in [1.807, 2.05) is 0 Å². The van der Waals surface area contributed by atoms with Crippen molar-refractivity contribution in [2.45, 2.75) is 49.3 Å². The zero-order valence-corrected chi connectivity index (χ0v) is 19.8. The first-order valence-corrected chi connectivity index (χ1v) is 13.6. The van der Waals surface area contributed by atoms with Crippen molar-refractivity contribution in [1.82, 2.24) is 4.31 Å². The van der Waals surface area contributed by atoms with E-state index in [9.17, 15) is 21.6 Å². The van der Waals surface area contributed by atoms with Crippen LogP contribution in [0.15, 0.2) is 46.2 Å². The van der Waals surface area contributed by atoms with Gasteiger partial charge in [0.05, 0.1) is 15.5 Å². The van der Waals surface area contributed by atoms with Crippen LogP contribution >= 0.6 is 0 Å². The summed E-state index contributed by atoms with van der Waals surface area (Å²) in [7, 11) is -7.63. The number of amides is 1. The largest absolute Gasteiger partial charge is 0.312 e. The average Bonchev–Trinajstić information content (AvgIpc) is 3.19. The minimum absolute atomic E-state index is 0.0744. The van der Waals surface area contributed by atoms with Gasteiger partial charge in [0.2, 0.25) is 15.9 Å². The van der Waals surface area contributed by atoms with Crippen molar-refractivity contribution in [3.05, 3.63) is 47.5 Å². The lowest BCUT2D eigenvalue weighted by Crippen LogP contribution is -2.35. The minimum atomic E-state index is -3.94. The number of piperidine rings is 1. The Bertz CT molecular complexity index is 1270. The molecular weight excluding hydrogens is 450 g/mol. The molecule has 4 rings (SSSR count). The Morgan fingerprint density at radius 1 is 0.906 bits per heavy atom. The highest BCUT2D eigenvalue weighted by Gasteiger charge is 2.28. The number of fused-ring (bicyclic) bond motifs is 1. The standard InChI is InChI=1S/C22H27N3O5S2/c1-16-6-7-20(32(29,30)24-11-4-3-5-12-24)15-21(16)23-31(27,28)19-8-9-22-18(14-19)10-13-25(22)17(2)26/h6-9,14-15,23H,3-5,10-13H2,1-2H3. The number of nitrogens with zero attached hydrogens (tertiary/aromatic N) is 2. The fourth-order valence-electron chi connectivity index (χ4n) is 4.20. The van der Waals surface area contributed by atoms with E-state index in [0.29, 0.717) is 31.6 Å². The van der Waals surface area contributed by atoms with Gasteiger partial charge in [-0.1, -0.05) is 12.5 Å². The average molecular weight is 478 g/mol. The van der Waals surface area contributed by atoms with Gasteiger partial charge in [-0.05, 0) is 67.6 Å². The van der Waals surface area contributed by atoms with Crippen LogP contribution in [0.3, 0.4) is 0 Å². The lowest BCUT2D eigenvalue weighted by atomic mass is 10.2. The molecule has 172 valence electrons. The van der Waals surface area contributed by atoms with Crippen LogP contribution in [0, 0.1) is 6.92 Å². The van der Waals surface area contributed by atoms with Crippen LogP contribution in [0.25, 0.3) is 0 Å². The topological polar surface area (TPSA) is 104 Å². The minimum Gasteiger partial charge on any atom is -0.312 e. The van der Waals surface area contributed by atoms with E-state index in [-0.39, 0.29) is 21.4 Å². The quantitative estimate of drug-likeness (QED) is 0.713. The summed E-state index contributed by atoms with van der Waals surface area (Å²) in [5.74, 6) is -0.0835. The van der Waals surface area contributed by atoms with E-state index in [4.69, 9.17) is 0 Å². The molecule has 32 heavy (non-hydrogen) atoms. The number of sulfonamides is 2. The fraction of sp³-hybridized carbons (Fsp3) is 0.409. The normalized spacial score (nSPS) is 17.2. The van der Waals surface area contributed by atoms with Crippen molar-refractivity contribution >= 4 is 37.3 Å². The van der Waals surface area contributed by atoms with E-state index >= 15 is 0 Å². The first-order valence-electron chi connectivity index (χ1n) is 10.6. The highest BCUT2D eigenvalue weighted by molar-refractivity contribution is 7.92. The second-order valence-electron chi connectivity index (χ2n) is 8.26. The van der Waals surface area contributed by atoms with Crippen LogP contribution in [-0.4, -0.2) is 46.7 Å². The molecule has 2 aliphatic rings. The molecule has 1 fully saturated rings. The number of hydrogen-bond donors (Lipinski definition) is 1. The summed E-state index contributed by atoms with van der Waals surface area (Å²) in [4.78, 5) is 13.5. The highest BCUT2D eigenvalue weighted by Crippen LogP contribution is 2.32. The van der Waals surface area contributed by atoms with Crippen LogP contribution < -0.4 is 9.62 Å². The Morgan fingerprint density at radius 2 is 1.59 bits per heavy atom. The molecule has 0 unspecified atom stereocenters. The van der Waals surface area contributed by atoms with Gasteiger partial charge in [0.25, 0.3) is 10.0 Å². The molecule has 0 radical (unpaired) electrons. The molecule has 0 atom stereocenters. The van der Waals surface area contributed by atoms with Gasteiger partial charge < -0.3 is 4.90 Å². The lowest BCUT2D eigenvalue weighted by molar-refractivity contribution is -0.116. The molecule has 0 spiro atoms. The zero-order chi connectivity index (χ0) is 23.1.